The van der Waals surface area contributed by atoms with Gasteiger partial charge in [-0.25, -0.2) is 4.98 Å². The van der Waals surface area contributed by atoms with Gasteiger partial charge in [0.15, 0.2) is 0 Å². The van der Waals surface area contributed by atoms with E-state index in [-0.39, 0.29) is 43.4 Å². The number of hydrogen-bond donors (Lipinski definition) is 0. The van der Waals surface area contributed by atoms with Crippen molar-refractivity contribution >= 4 is 12.4 Å². The third kappa shape index (κ3) is 8.56. The maximum atomic E-state index is 4.75. The zero-order valence-corrected chi connectivity index (χ0v) is 18.5. The van der Waals surface area contributed by atoms with Crippen molar-refractivity contribution < 1.29 is 43.4 Å². The van der Waals surface area contributed by atoms with E-state index in [1.165, 1.54) is 69.8 Å². The molecule has 0 spiro atoms. The first-order chi connectivity index (χ1) is 11.3. The topological polar surface area (TPSA) is 37.6 Å². The predicted molar refractivity (Wildman–Crippen MR) is 97.9 cm³/mol. The molecule has 6 heteroatoms. The van der Waals surface area contributed by atoms with Crippen molar-refractivity contribution in [2.24, 2.45) is 9.98 Å². The number of aryl methyl sites for hydroxylation is 1. The normalized spacial score (nSPS) is 19.0. The average Bonchev–Trinajstić information content (AvgIpc) is 2.60. The van der Waals surface area contributed by atoms with E-state index in [4.69, 9.17) is 15.0 Å². The molecule has 0 amide bonds. The van der Waals surface area contributed by atoms with E-state index in [0.717, 1.165) is 11.4 Å². The molecule has 0 bridgehead atoms. The van der Waals surface area contributed by atoms with Gasteiger partial charge in [-0.05, 0) is 50.3 Å². The zero-order chi connectivity index (χ0) is 15.9. The Morgan fingerprint density at radius 2 is 1.15 bits per heavy atom. The second-order valence-electron chi connectivity index (χ2n) is 7.13. The minimum Gasteiger partial charge on any atom is -1.00 e. The summed E-state index contributed by atoms with van der Waals surface area (Å²) < 4.78 is 0. The van der Waals surface area contributed by atoms with Crippen molar-refractivity contribution in [1.82, 2.24) is 4.98 Å². The summed E-state index contributed by atoms with van der Waals surface area (Å²) in [6.45, 7) is 2.12. The predicted octanol–water partition coefficient (Wildman–Crippen LogP) is -1.10. The van der Waals surface area contributed by atoms with Gasteiger partial charge in [-0.1, -0.05) is 38.5 Å². The van der Waals surface area contributed by atoms with Gasteiger partial charge in [-0.15, -0.1) is 0 Å². The Balaban J connectivity index is 0.00000208. The molecule has 1 aromatic rings. The van der Waals surface area contributed by atoms with Crippen LogP contribution in [0.1, 0.15) is 81.2 Å². The number of halogens is 2. The molecule has 2 aliphatic rings. The fourth-order valence-electron chi connectivity index (χ4n) is 3.68. The van der Waals surface area contributed by atoms with E-state index in [9.17, 15) is 0 Å². The number of aliphatic imine (C=N–C) groups is 2. The van der Waals surface area contributed by atoms with Crippen molar-refractivity contribution in [2.75, 3.05) is 0 Å². The number of rotatable bonds is 4. The van der Waals surface area contributed by atoms with Crippen LogP contribution >= 0.6 is 0 Å². The first kappa shape index (κ1) is 25.7. The molecule has 1 aromatic heterocycles. The summed E-state index contributed by atoms with van der Waals surface area (Å²) >= 11 is 0. The molecule has 3 rings (SSSR count). The molecule has 0 atom stereocenters. The molecule has 2 fully saturated rings. The maximum Gasteiger partial charge on any atom is 2.00 e. The van der Waals surface area contributed by atoms with Crippen LogP contribution < -0.4 is 24.8 Å². The molecule has 1 heterocycles. The van der Waals surface area contributed by atoms with Crippen molar-refractivity contribution in [2.45, 2.75) is 83.2 Å². The van der Waals surface area contributed by atoms with Gasteiger partial charge in [0.1, 0.15) is 0 Å². The van der Waals surface area contributed by atoms with Crippen LogP contribution in [0.2, 0.25) is 0 Å². The quantitative estimate of drug-likeness (QED) is 0.556. The van der Waals surface area contributed by atoms with Crippen LogP contribution in [0.25, 0.3) is 0 Å². The van der Waals surface area contributed by atoms with E-state index < -0.39 is 0 Å². The number of hydrogen-bond acceptors (Lipinski definition) is 3. The molecule has 0 aromatic carbocycles. The molecule has 2 aliphatic carbocycles. The Labute approximate surface area is 182 Å². The summed E-state index contributed by atoms with van der Waals surface area (Å²) in [4.78, 5) is 14.2. The third-order valence-corrected chi connectivity index (χ3v) is 4.99. The van der Waals surface area contributed by atoms with Crippen molar-refractivity contribution in [3.05, 3.63) is 29.1 Å². The van der Waals surface area contributed by atoms with Crippen LogP contribution in [0.4, 0.5) is 0 Å². The first-order valence-electron chi connectivity index (χ1n) is 9.35. The van der Waals surface area contributed by atoms with Crippen molar-refractivity contribution in [1.29, 1.82) is 0 Å². The van der Waals surface area contributed by atoms with Crippen molar-refractivity contribution in [3.8, 4) is 0 Å². The SMILES string of the molecule is Cc1cc(C=NC2CCCCC2)nc(C=NC2CCCCC2)c1.[Cl-].[Cl-].[V+2]. The zero-order valence-electron chi connectivity index (χ0n) is 15.6. The molecule has 0 saturated heterocycles. The summed E-state index contributed by atoms with van der Waals surface area (Å²) in [6, 6.07) is 5.24. The van der Waals surface area contributed by atoms with E-state index >= 15 is 0 Å². The van der Waals surface area contributed by atoms with Crippen LogP contribution in [-0.2, 0) is 18.6 Å². The maximum absolute atomic E-state index is 4.75. The van der Waals surface area contributed by atoms with Crippen molar-refractivity contribution in [3.63, 3.8) is 0 Å². The molecular formula is C20H29Cl2N3V. The Morgan fingerprint density at radius 1 is 0.769 bits per heavy atom. The van der Waals surface area contributed by atoms with E-state index in [1.54, 1.807) is 0 Å². The van der Waals surface area contributed by atoms with Crippen LogP contribution in [-0.4, -0.2) is 29.5 Å². The van der Waals surface area contributed by atoms with Crippen LogP contribution in [0.5, 0.6) is 0 Å². The van der Waals surface area contributed by atoms with Gasteiger partial charge in [-0.3, -0.25) is 9.98 Å². The molecule has 1 radical (unpaired) electrons. The number of nitrogens with zero attached hydrogens (tertiary/aromatic N) is 3. The minimum absolute atomic E-state index is 0. The summed E-state index contributed by atoms with van der Waals surface area (Å²) in [6.07, 6.45) is 16.9. The second kappa shape index (κ2) is 13.8. The number of aromatic nitrogens is 1. The fraction of sp³-hybridized carbons (Fsp3) is 0.650. The van der Waals surface area contributed by atoms with Crippen LogP contribution in [0.3, 0.4) is 0 Å². The van der Waals surface area contributed by atoms with E-state index in [1.807, 2.05) is 12.4 Å². The Kier molecular flexibility index (Phi) is 13.6. The van der Waals surface area contributed by atoms with E-state index in [0.29, 0.717) is 12.1 Å². The van der Waals surface area contributed by atoms with Gasteiger partial charge in [0.25, 0.3) is 0 Å². The Bertz CT molecular complexity index is 520. The summed E-state index contributed by atoms with van der Waals surface area (Å²) in [5.41, 5.74) is 3.18. The summed E-state index contributed by atoms with van der Waals surface area (Å²) in [5.74, 6) is 0. The standard InChI is InChI=1S/C20H29N3.2ClH.V/c1-16-12-19(14-21-17-8-4-2-5-9-17)23-20(13-16)15-22-18-10-6-3-7-11-18;;;/h12-15,17-18H,2-11H2,1H3;2*1H;/q;;;+2/p-2. The summed E-state index contributed by atoms with van der Waals surface area (Å²) in [5, 5.41) is 0. The smallest absolute Gasteiger partial charge is 1.00 e. The third-order valence-electron chi connectivity index (χ3n) is 4.99. The fourth-order valence-corrected chi connectivity index (χ4v) is 3.68. The van der Waals surface area contributed by atoms with Crippen LogP contribution in [0.15, 0.2) is 22.1 Å². The first-order valence-corrected chi connectivity index (χ1v) is 9.35. The monoisotopic (exact) mass is 432 g/mol. The molecular weight excluding hydrogens is 404 g/mol. The molecule has 0 N–H and O–H groups in total. The molecule has 3 nitrogen and oxygen atoms in total. The van der Waals surface area contributed by atoms with Gasteiger partial charge >= 0.3 is 18.6 Å². The molecule has 0 unspecified atom stereocenters. The molecule has 0 aliphatic heterocycles. The molecule has 26 heavy (non-hydrogen) atoms. The van der Waals surface area contributed by atoms with Gasteiger partial charge in [0.05, 0.1) is 23.5 Å². The molecule has 143 valence electrons. The van der Waals surface area contributed by atoms with Gasteiger partial charge in [0.2, 0.25) is 0 Å². The van der Waals surface area contributed by atoms with E-state index in [2.05, 4.69) is 19.1 Å². The Hall–Kier alpha value is -0.346. The van der Waals surface area contributed by atoms with Crippen LogP contribution in [0, 0.1) is 6.92 Å². The molecule has 2 saturated carbocycles. The van der Waals surface area contributed by atoms with Gasteiger partial charge in [-0.2, -0.15) is 0 Å². The van der Waals surface area contributed by atoms with Gasteiger partial charge < -0.3 is 24.8 Å². The Morgan fingerprint density at radius 3 is 1.54 bits per heavy atom. The number of pyridine rings is 1. The van der Waals surface area contributed by atoms with Gasteiger partial charge in [0, 0.05) is 12.4 Å². The average molecular weight is 433 g/mol. The minimum atomic E-state index is 0. The summed E-state index contributed by atoms with van der Waals surface area (Å²) in [7, 11) is 0. The second-order valence-corrected chi connectivity index (χ2v) is 7.13. The largest absolute Gasteiger partial charge is 2.00 e.